The van der Waals surface area contributed by atoms with Crippen molar-refractivity contribution in [2.45, 2.75) is 19.3 Å². The first-order chi connectivity index (χ1) is 8.09. The van der Waals surface area contributed by atoms with Crippen LogP contribution < -0.4 is 5.32 Å². The molecular formula is C11H20N2O3S. The van der Waals surface area contributed by atoms with E-state index in [0.717, 1.165) is 12.3 Å². The molecule has 98 valence electrons. The predicted molar refractivity (Wildman–Crippen MR) is 68.3 cm³/mol. The van der Waals surface area contributed by atoms with Crippen molar-refractivity contribution in [1.29, 1.82) is 0 Å². The number of carbonyl (C=O) groups is 2. The fourth-order valence-corrected chi connectivity index (χ4v) is 2.96. The van der Waals surface area contributed by atoms with Gasteiger partial charge < -0.3 is 15.3 Å². The zero-order chi connectivity index (χ0) is 12.7. The number of carboxylic acid groups (broad SMARTS) is 1. The van der Waals surface area contributed by atoms with Gasteiger partial charge in [-0.2, -0.15) is 11.8 Å². The first-order valence-electron chi connectivity index (χ1n) is 5.88. The third kappa shape index (κ3) is 5.81. The third-order valence-corrected chi connectivity index (χ3v) is 4.03. The number of urea groups is 1. The molecule has 2 amide bonds. The Balaban J connectivity index is 2.10. The van der Waals surface area contributed by atoms with Crippen LogP contribution in [0.2, 0.25) is 0 Å². The summed E-state index contributed by atoms with van der Waals surface area (Å²) in [5.74, 6) is 2.09. The highest BCUT2D eigenvalue weighted by molar-refractivity contribution is 7.99. The average molecular weight is 260 g/mol. The van der Waals surface area contributed by atoms with Crippen LogP contribution in [0.3, 0.4) is 0 Å². The van der Waals surface area contributed by atoms with Crippen LogP contribution in [-0.2, 0) is 4.79 Å². The highest BCUT2D eigenvalue weighted by atomic mass is 32.2. The minimum Gasteiger partial charge on any atom is -0.481 e. The molecule has 1 aliphatic rings. The summed E-state index contributed by atoms with van der Waals surface area (Å²) < 4.78 is 0. The Kier molecular flexibility index (Phi) is 6.18. The van der Waals surface area contributed by atoms with Gasteiger partial charge in [0.25, 0.3) is 0 Å². The molecule has 6 heteroatoms. The quantitative estimate of drug-likeness (QED) is 0.754. The lowest BCUT2D eigenvalue weighted by molar-refractivity contribution is -0.137. The molecule has 0 spiro atoms. The second-order valence-electron chi connectivity index (χ2n) is 4.33. The monoisotopic (exact) mass is 260 g/mol. The van der Waals surface area contributed by atoms with Gasteiger partial charge in [-0.05, 0) is 30.3 Å². The number of aliphatic carboxylic acids is 1. The highest BCUT2D eigenvalue weighted by Gasteiger charge is 2.17. The van der Waals surface area contributed by atoms with Crippen molar-refractivity contribution >= 4 is 23.8 Å². The summed E-state index contributed by atoms with van der Waals surface area (Å²) in [5, 5.41) is 11.4. The van der Waals surface area contributed by atoms with Crippen molar-refractivity contribution in [1.82, 2.24) is 10.2 Å². The molecule has 0 radical (unpaired) electrons. The van der Waals surface area contributed by atoms with Crippen LogP contribution in [0, 0.1) is 5.92 Å². The number of rotatable bonds is 6. The van der Waals surface area contributed by atoms with Gasteiger partial charge in [-0.3, -0.25) is 4.79 Å². The van der Waals surface area contributed by atoms with Crippen LogP contribution in [0.1, 0.15) is 19.3 Å². The van der Waals surface area contributed by atoms with E-state index in [-0.39, 0.29) is 12.5 Å². The van der Waals surface area contributed by atoms with E-state index >= 15 is 0 Å². The Bertz CT molecular complexity index is 267. The standard InChI is InChI=1S/C11H20N2O3S/c1-13(5-2-3-10(14)15)11(16)12-7-9-4-6-17-8-9/h9H,2-8H2,1H3,(H,12,16)(H,14,15). The minimum atomic E-state index is -0.818. The summed E-state index contributed by atoms with van der Waals surface area (Å²) >= 11 is 1.93. The Labute approximate surface area is 106 Å². The number of hydrogen-bond donors (Lipinski definition) is 2. The SMILES string of the molecule is CN(CCCC(=O)O)C(=O)NCC1CCSC1. The van der Waals surface area contributed by atoms with Gasteiger partial charge >= 0.3 is 12.0 Å². The lowest BCUT2D eigenvalue weighted by Crippen LogP contribution is -2.40. The summed E-state index contributed by atoms with van der Waals surface area (Å²) in [6.45, 7) is 1.21. The van der Waals surface area contributed by atoms with Crippen molar-refractivity contribution in [3.05, 3.63) is 0 Å². The second-order valence-corrected chi connectivity index (χ2v) is 5.48. The molecule has 1 unspecified atom stereocenters. The molecule has 0 aromatic carbocycles. The number of nitrogens with one attached hydrogen (secondary N) is 1. The maximum Gasteiger partial charge on any atom is 0.317 e. The fraction of sp³-hybridized carbons (Fsp3) is 0.818. The number of hydrogen-bond acceptors (Lipinski definition) is 3. The molecule has 17 heavy (non-hydrogen) atoms. The van der Waals surface area contributed by atoms with Gasteiger partial charge in [0.15, 0.2) is 0 Å². The number of carbonyl (C=O) groups excluding carboxylic acids is 1. The first-order valence-corrected chi connectivity index (χ1v) is 7.03. The summed E-state index contributed by atoms with van der Waals surface area (Å²) in [4.78, 5) is 23.5. The van der Waals surface area contributed by atoms with E-state index in [0.29, 0.717) is 18.9 Å². The van der Waals surface area contributed by atoms with Gasteiger partial charge in [0.05, 0.1) is 0 Å². The van der Waals surface area contributed by atoms with E-state index in [4.69, 9.17) is 5.11 Å². The summed E-state index contributed by atoms with van der Waals surface area (Å²) in [5.41, 5.74) is 0. The Morgan fingerprint density at radius 2 is 2.29 bits per heavy atom. The van der Waals surface area contributed by atoms with Crippen LogP contribution in [0.15, 0.2) is 0 Å². The number of thioether (sulfide) groups is 1. The third-order valence-electron chi connectivity index (χ3n) is 2.80. The van der Waals surface area contributed by atoms with Gasteiger partial charge in [0, 0.05) is 26.6 Å². The van der Waals surface area contributed by atoms with Crippen molar-refractivity contribution in [3.8, 4) is 0 Å². The molecule has 1 fully saturated rings. The van der Waals surface area contributed by atoms with Crippen LogP contribution in [0.5, 0.6) is 0 Å². The number of amides is 2. The minimum absolute atomic E-state index is 0.104. The molecule has 0 aliphatic carbocycles. The lowest BCUT2D eigenvalue weighted by Gasteiger charge is -2.18. The lowest BCUT2D eigenvalue weighted by atomic mass is 10.1. The molecule has 0 aromatic heterocycles. The molecule has 1 heterocycles. The molecule has 0 aromatic rings. The van der Waals surface area contributed by atoms with Crippen LogP contribution >= 0.6 is 11.8 Å². The molecule has 0 saturated carbocycles. The number of carboxylic acids is 1. The molecular weight excluding hydrogens is 240 g/mol. The predicted octanol–water partition coefficient (Wildman–Crippen LogP) is 1.25. The van der Waals surface area contributed by atoms with E-state index in [2.05, 4.69) is 5.32 Å². The normalized spacial score (nSPS) is 19.0. The summed E-state index contributed by atoms with van der Waals surface area (Å²) in [6, 6.07) is -0.104. The second kappa shape index (κ2) is 7.42. The topological polar surface area (TPSA) is 69.6 Å². The van der Waals surface area contributed by atoms with E-state index in [1.807, 2.05) is 11.8 Å². The Morgan fingerprint density at radius 3 is 2.88 bits per heavy atom. The van der Waals surface area contributed by atoms with Crippen LogP contribution in [0.4, 0.5) is 4.79 Å². The van der Waals surface area contributed by atoms with Crippen LogP contribution in [0.25, 0.3) is 0 Å². The van der Waals surface area contributed by atoms with E-state index in [1.165, 1.54) is 12.2 Å². The van der Waals surface area contributed by atoms with Crippen molar-refractivity contribution < 1.29 is 14.7 Å². The molecule has 2 N–H and O–H groups in total. The zero-order valence-electron chi connectivity index (χ0n) is 10.1. The maximum absolute atomic E-state index is 11.6. The van der Waals surface area contributed by atoms with Crippen molar-refractivity contribution in [2.24, 2.45) is 5.92 Å². The highest BCUT2D eigenvalue weighted by Crippen LogP contribution is 2.22. The molecule has 1 saturated heterocycles. The largest absolute Gasteiger partial charge is 0.481 e. The molecule has 5 nitrogen and oxygen atoms in total. The van der Waals surface area contributed by atoms with Gasteiger partial charge in [0.2, 0.25) is 0 Å². The average Bonchev–Trinajstić information content (AvgIpc) is 2.78. The van der Waals surface area contributed by atoms with E-state index in [1.54, 1.807) is 11.9 Å². The fourth-order valence-electron chi connectivity index (χ4n) is 1.68. The molecule has 1 aliphatic heterocycles. The van der Waals surface area contributed by atoms with Crippen molar-refractivity contribution in [2.75, 3.05) is 31.6 Å². The van der Waals surface area contributed by atoms with E-state index in [9.17, 15) is 9.59 Å². The number of nitrogens with zero attached hydrogens (tertiary/aromatic N) is 1. The maximum atomic E-state index is 11.6. The smallest absolute Gasteiger partial charge is 0.317 e. The Hall–Kier alpha value is -0.910. The molecule has 0 bridgehead atoms. The molecule has 1 atom stereocenters. The van der Waals surface area contributed by atoms with Crippen LogP contribution in [-0.4, -0.2) is 53.6 Å². The van der Waals surface area contributed by atoms with Gasteiger partial charge in [0.1, 0.15) is 0 Å². The van der Waals surface area contributed by atoms with Gasteiger partial charge in [-0.1, -0.05) is 0 Å². The van der Waals surface area contributed by atoms with Gasteiger partial charge in [-0.25, -0.2) is 4.79 Å². The summed E-state index contributed by atoms with van der Waals surface area (Å²) in [6.07, 6.45) is 1.78. The first kappa shape index (κ1) is 14.2. The van der Waals surface area contributed by atoms with Crippen molar-refractivity contribution in [3.63, 3.8) is 0 Å². The van der Waals surface area contributed by atoms with Gasteiger partial charge in [-0.15, -0.1) is 0 Å². The Morgan fingerprint density at radius 1 is 1.53 bits per heavy atom. The van der Waals surface area contributed by atoms with E-state index < -0.39 is 5.97 Å². The molecule has 1 rings (SSSR count). The zero-order valence-corrected chi connectivity index (χ0v) is 11.0. The summed E-state index contributed by atoms with van der Waals surface area (Å²) in [7, 11) is 1.70.